The fraction of sp³-hybridized carbons (Fsp3) is 0.350. The summed E-state index contributed by atoms with van der Waals surface area (Å²) in [6, 6.07) is 14.5. The maximum Gasteiger partial charge on any atom is 0.251 e. The molecular formula is C20H22INO. The van der Waals surface area contributed by atoms with Crippen molar-refractivity contribution < 1.29 is 4.79 Å². The van der Waals surface area contributed by atoms with Crippen LogP contribution in [-0.4, -0.2) is 5.91 Å². The van der Waals surface area contributed by atoms with Gasteiger partial charge in [0.2, 0.25) is 0 Å². The van der Waals surface area contributed by atoms with Gasteiger partial charge >= 0.3 is 0 Å². The van der Waals surface area contributed by atoms with Crippen molar-refractivity contribution in [3.05, 3.63) is 68.3 Å². The van der Waals surface area contributed by atoms with Crippen LogP contribution in [0.3, 0.4) is 0 Å². The second kappa shape index (κ2) is 7.47. The Labute approximate surface area is 151 Å². The molecule has 1 N–H and O–H groups in total. The van der Waals surface area contributed by atoms with E-state index in [-0.39, 0.29) is 11.9 Å². The third-order valence-corrected chi connectivity index (χ3v) is 5.31. The van der Waals surface area contributed by atoms with E-state index < -0.39 is 0 Å². The molecule has 0 aliphatic heterocycles. The average Bonchev–Trinajstić information content (AvgIpc) is 2.59. The van der Waals surface area contributed by atoms with E-state index in [1.165, 1.54) is 42.4 Å². The molecule has 0 saturated carbocycles. The standard InChI is InChI=1S/C20H22INO/c1-2-19(22-20(23)15-9-11-18(21)12-10-15)17-8-7-14-5-3-4-6-16(14)13-17/h7-13,19H,2-6H2,1H3,(H,22,23)/t19-/m1/s1. The third-order valence-electron chi connectivity index (χ3n) is 4.59. The van der Waals surface area contributed by atoms with E-state index in [9.17, 15) is 4.79 Å². The number of rotatable bonds is 4. The van der Waals surface area contributed by atoms with Gasteiger partial charge in [0, 0.05) is 9.13 Å². The number of halogens is 1. The van der Waals surface area contributed by atoms with Gasteiger partial charge < -0.3 is 5.32 Å². The molecule has 1 aliphatic rings. The molecule has 23 heavy (non-hydrogen) atoms. The summed E-state index contributed by atoms with van der Waals surface area (Å²) in [5, 5.41) is 3.18. The van der Waals surface area contributed by atoms with Gasteiger partial charge in [-0.1, -0.05) is 25.1 Å². The number of nitrogens with one attached hydrogen (secondary N) is 1. The van der Waals surface area contributed by atoms with Crippen molar-refractivity contribution in [2.45, 2.75) is 45.1 Å². The van der Waals surface area contributed by atoms with Gasteiger partial charge in [0.1, 0.15) is 0 Å². The van der Waals surface area contributed by atoms with Crippen LogP contribution in [0.25, 0.3) is 0 Å². The average molecular weight is 419 g/mol. The van der Waals surface area contributed by atoms with Gasteiger partial charge in [0.05, 0.1) is 6.04 Å². The molecule has 0 radical (unpaired) electrons. The normalized spacial score (nSPS) is 14.9. The van der Waals surface area contributed by atoms with Gasteiger partial charge in [-0.15, -0.1) is 0 Å². The van der Waals surface area contributed by atoms with Crippen molar-refractivity contribution in [2.24, 2.45) is 0 Å². The lowest BCUT2D eigenvalue weighted by Crippen LogP contribution is -2.28. The number of hydrogen-bond donors (Lipinski definition) is 1. The summed E-state index contributed by atoms with van der Waals surface area (Å²) in [6.07, 6.45) is 5.84. The summed E-state index contributed by atoms with van der Waals surface area (Å²) in [6.45, 7) is 2.12. The van der Waals surface area contributed by atoms with E-state index in [0.717, 1.165) is 15.6 Å². The number of fused-ring (bicyclic) bond motifs is 1. The molecule has 1 atom stereocenters. The lowest BCUT2D eigenvalue weighted by molar-refractivity contribution is 0.0935. The predicted molar refractivity (Wildman–Crippen MR) is 103 cm³/mol. The minimum absolute atomic E-state index is 0.00553. The zero-order valence-electron chi connectivity index (χ0n) is 13.4. The summed E-state index contributed by atoms with van der Waals surface area (Å²) in [5.41, 5.74) is 4.91. The Morgan fingerprint density at radius 2 is 1.78 bits per heavy atom. The zero-order chi connectivity index (χ0) is 16.2. The van der Waals surface area contributed by atoms with Crippen LogP contribution in [0.5, 0.6) is 0 Å². The van der Waals surface area contributed by atoms with Crippen LogP contribution in [0.4, 0.5) is 0 Å². The molecule has 0 unspecified atom stereocenters. The molecule has 3 heteroatoms. The maximum atomic E-state index is 12.5. The molecule has 1 aliphatic carbocycles. The maximum absolute atomic E-state index is 12.5. The first-order chi connectivity index (χ1) is 11.2. The molecule has 0 aromatic heterocycles. The zero-order valence-corrected chi connectivity index (χ0v) is 15.6. The number of carbonyl (C=O) groups excluding carboxylic acids is 1. The first-order valence-corrected chi connectivity index (χ1v) is 9.43. The fourth-order valence-electron chi connectivity index (χ4n) is 3.23. The highest BCUT2D eigenvalue weighted by Crippen LogP contribution is 2.26. The molecule has 2 aromatic carbocycles. The lowest BCUT2D eigenvalue weighted by Gasteiger charge is -2.21. The van der Waals surface area contributed by atoms with Crippen molar-refractivity contribution in [1.82, 2.24) is 5.32 Å². The Bertz CT molecular complexity index is 693. The molecule has 0 spiro atoms. The van der Waals surface area contributed by atoms with Gasteiger partial charge in [-0.3, -0.25) is 4.79 Å². The lowest BCUT2D eigenvalue weighted by atomic mass is 9.88. The van der Waals surface area contributed by atoms with Crippen molar-refractivity contribution >= 4 is 28.5 Å². The Kier molecular flexibility index (Phi) is 5.36. The molecule has 2 aromatic rings. The van der Waals surface area contributed by atoms with Gasteiger partial charge in [0.25, 0.3) is 5.91 Å². The number of hydrogen-bond acceptors (Lipinski definition) is 1. The highest BCUT2D eigenvalue weighted by atomic mass is 127. The van der Waals surface area contributed by atoms with Gasteiger partial charge in [-0.2, -0.15) is 0 Å². The van der Waals surface area contributed by atoms with E-state index in [4.69, 9.17) is 0 Å². The minimum atomic E-state index is 0.00553. The molecule has 1 amide bonds. The number of carbonyl (C=O) groups is 1. The highest BCUT2D eigenvalue weighted by molar-refractivity contribution is 14.1. The van der Waals surface area contributed by atoms with Crippen LogP contribution in [-0.2, 0) is 12.8 Å². The summed E-state index contributed by atoms with van der Waals surface area (Å²) in [4.78, 5) is 12.5. The summed E-state index contributed by atoms with van der Waals surface area (Å²) < 4.78 is 1.14. The molecule has 0 heterocycles. The third kappa shape index (κ3) is 3.94. The number of aryl methyl sites for hydroxylation is 2. The van der Waals surface area contributed by atoms with Gasteiger partial charge in [-0.25, -0.2) is 0 Å². The Hall–Kier alpha value is -1.36. The minimum Gasteiger partial charge on any atom is -0.345 e. The SMILES string of the molecule is CC[C@@H](NC(=O)c1ccc(I)cc1)c1ccc2c(c1)CCCC2. The highest BCUT2D eigenvalue weighted by Gasteiger charge is 2.16. The Morgan fingerprint density at radius 1 is 1.09 bits per heavy atom. The first kappa shape index (κ1) is 16.5. The molecule has 0 bridgehead atoms. The second-order valence-electron chi connectivity index (χ2n) is 6.18. The van der Waals surface area contributed by atoms with Gasteiger partial charge in [0.15, 0.2) is 0 Å². The summed E-state index contributed by atoms with van der Waals surface area (Å²) in [7, 11) is 0. The van der Waals surface area contributed by atoms with E-state index >= 15 is 0 Å². The predicted octanol–water partition coefficient (Wildman–Crippen LogP) is 5.05. The van der Waals surface area contributed by atoms with E-state index in [1.807, 2.05) is 24.3 Å². The van der Waals surface area contributed by atoms with E-state index in [1.54, 1.807) is 0 Å². The largest absolute Gasteiger partial charge is 0.345 e. The second-order valence-corrected chi connectivity index (χ2v) is 7.42. The van der Waals surface area contributed by atoms with Crippen molar-refractivity contribution in [3.63, 3.8) is 0 Å². The van der Waals surface area contributed by atoms with E-state index in [2.05, 4.69) is 53.0 Å². The monoisotopic (exact) mass is 419 g/mol. The summed E-state index contributed by atoms with van der Waals surface area (Å²) >= 11 is 2.25. The van der Waals surface area contributed by atoms with Crippen molar-refractivity contribution in [3.8, 4) is 0 Å². The fourth-order valence-corrected chi connectivity index (χ4v) is 3.59. The van der Waals surface area contributed by atoms with E-state index in [0.29, 0.717) is 0 Å². The molecule has 120 valence electrons. The smallest absolute Gasteiger partial charge is 0.251 e. The summed E-state index contributed by atoms with van der Waals surface area (Å²) in [5.74, 6) is 0.00553. The van der Waals surface area contributed by atoms with Crippen LogP contribution >= 0.6 is 22.6 Å². The van der Waals surface area contributed by atoms with Crippen molar-refractivity contribution in [1.29, 1.82) is 0 Å². The van der Waals surface area contributed by atoms with Crippen LogP contribution in [0.15, 0.2) is 42.5 Å². The quantitative estimate of drug-likeness (QED) is 0.691. The van der Waals surface area contributed by atoms with Crippen LogP contribution in [0.1, 0.15) is 59.3 Å². The number of benzene rings is 2. The van der Waals surface area contributed by atoms with Crippen LogP contribution < -0.4 is 5.32 Å². The van der Waals surface area contributed by atoms with Crippen LogP contribution in [0.2, 0.25) is 0 Å². The molecule has 3 rings (SSSR count). The molecule has 2 nitrogen and oxygen atoms in total. The number of amides is 1. The Balaban J connectivity index is 1.77. The van der Waals surface area contributed by atoms with Crippen molar-refractivity contribution in [2.75, 3.05) is 0 Å². The topological polar surface area (TPSA) is 29.1 Å². The molecular weight excluding hydrogens is 397 g/mol. The van der Waals surface area contributed by atoms with Gasteiger partial charge in [-0.05, 0) is 95.7 Å². The Morgan fingerprint density at radius 3 is 2.48 bits per heavy atom. The van der Waals surface area contributed by atoms with Crippen LogP contribution in [0, 0.1) is 3.57 Å². The first-order valence-electron chi connectivity index (χ1n) is 8.35. The molecule has 0 saturated heterocycles. The molecule has 0 fully saturated rings.